The number of aliphatic carboxylic acids is 1. The van der Waals surface area contributed by atoms with E-state index in [1.807, 2.05) is 13.1 Å². The fraction of sp³-hybridized carbons (Fsp3) is 0.667. The lowest BCUT2D eigenvalue weighted by molar-refractivity contribution is -0.133. The maximum Gasteiger partial charge on any atom is 0.313 e. The standard InChI is InChI=1S/C12H19N3O2S/c1-9-7-13-12(18-8-11(16)17)15(9)10-3-5-14(2)6-4-10/h7,10H,3-6,8H2,1-2H3,(H,16,17). The minimum absolute atomic E-state index is 0.0725. The molecular formula is C12H19N3O2S. The van der Waals surface area contributed by atoms with Crippen LogP contribution in [0.25, 0.3) is 0 Å². The highest BCUT2D eigenvalue weighted by Gasteiger charge is 2.22. The van der Waals surface area contributed by atoms with Crippen molar-refractivity contribution < 1.29 is 9.90 Å². The fourth-order valence-electron chi connectivity index (χ4n) is 2.35. The number of thioether (sulfide) groups is 1. The Bertz CT molecular complexity index is 425. The minimum atomic E-state index is -0.796. The van der Waals surface area contributed by atoms with Gasteiger partial charge in [-0.1, -0.05) is 11.8 Å². The molecule has 0 spiro atoms. The minimum Gasteiger partial charge on any atom is -0.481 e. The molecule has 5 nitrogen and oxygen atoms in total. The summed E-state index contributed by atoms with van der Waals surface area (Å²) in [4.78, 5) is 17.3. The topological polar surface area (TPSA) is 58.4 Å². The van der Waals surface area contributed by atoms with Crippen molar-refractivity contribution in [2.75, 3.05) is 25.9 Å². The maximum absolute atomic E-state index is 10.6. The van der Waals surface area contributed by atoms with Crippen molar-refractivity contribution in [1.82, 2.24) is 14.5 Å². The van der Waals surface area contributed by atoms with E-state index in [2.05, 4.69) is 21.5 Å². The van der Waals surface area contributed by atoms with E-state index in [4.69, 9.17) is 5.11 Å². The number of hydrogen-bond donors (Lipinski definition) is 1. The van der Waals surface area contributed by atoms with Crippen LogP contribution in [-0.2, 0) is 4.79 Å². The predicted octanol–water partition coefficient (Wildman–Crippen LogP) is 1.63. The molecule has 100 valence electrons. The Morgan fingerprint density at radius 2 is 2.22 bits per heavy atom. The zero-order valence-electron chi connectivity index (χ0n) is 10.8. The van der Waals surface area contributed by atoms with E-state index in [1.165, 1.54) is 11.8 Å². The van der Waals surface area contributed by atoms with Crippen LogP contribution in [-0.4, -0.2) is 51.4 Å². The third-order valence-electron chi connectivity index (χ3n) is 3.33. The lowest BCUT2D eigenvalue weighted by Gasteiger charge is -2.31. The molecule has 1 fully saturated rings. The lowest BCUT2D eigenvalue weighted by atomic mass is 10.1. The molecular weight excluding hydrogens is 250 g/mol. The average Bonchev–Trinajstić information content (AvgIpc) is 2.69. The van der Waals surface area contributed by atoms with Crippen LogP contribution in [0, 0.1) is 6.92 Å². The van der Waals surface area contributed by atoms with Crippen molar-refractivity contribution >= 4 is 17.7 Å². The Labute approximate surface area is 111 Å². The van der Waals surface area contributed by atoms with Gasteiger partial charge in [-0.15, -0.1) is 0 Å². The summed E-state index contributed by atoms with van der Waals surface area (Å²) in [6.45, 7) is 4.22. The molecule has 1 aliphatic heterocycles. The van der Waals surface area contributed by atoms with Crippen LogP contribution in [0.3, 0.4) is 0 Å². The van der Waals surface area contributed by atoms with Gasteiger partial charge >= 0.3 is 5.97 Å². The first-order chi connectivity index (χ1) is 8.58. The van der Waals surface area contributed by atoms with Gasteiger partial charge in [-0.3, -0.25) is 4.79 Å². The summed E-state index contributed by atoms with van der Waals surface area (Å²) >= 11 is 1.31. The quantitative estimate of drug-likeness (QED) is 0.842. The van der Waals surface area contributed by atoms with Crippen molar-refractivity contribution in [3.63, 3.8) is 0 Å². The molecule has 2 heterocycles. The molecule has 1 aliphatic rings. The summed E-state index contributed by atoms with van der Waals surface area (Å²) in [5.74, 6) is -0.723. The normalized spacial score (nSPS) is 18.1. The smallest absolute Gasteiger partial charge is 0.313 e. The van der Waals surface area contributed by atoms with Crippen LogP contribution < -0.4 is 0 Å². The van der Waals surface area contributed by atoms with Gasteiger partial charge in [0.25, 0.3) is 0 Å². The lowest BCUT2D eigenvalue weighted by Crippen LogP contribution is -2.32. The number of nitrogens with zero attached hydrogens (tertiary/aromatic N) is 3. The van der Waals surface area contributed by atoms with Crippen molar-refractivity contribution in [1.29, 1.82) is 0 Å². The Balaban J connectivity index is 2.10. The van der Waals surface area contributed by atoms with Crippen LogP contribution >= 0.6 is 11.8 Å². The number of hydrogen-bond acceptors (Lipinski definition) is 4. The van der Waals surface area contributed by atoms with E-state index in [0.717, 1.165) is 36.8 Å². The molecule has 0 aliphatic carbocycles. The van der Waals surface area contributed by atoms with Crippen molar-refractivity contribution in [2.24, 2.45) is 0 Å². The summed E-state index contributed by atoms with van der Waals surface area (Å²) in [5.41, 5.74) is 1.12. The number of aromatic nitrogens is 2. The van der Waals surface area contributed by atoms with Crippen LogP contribution in [0.2, 0.25) is 0 Å². The Hall–Kier alpha value is -1.01. The molecule has 1 saturated heterocycles. The van der Waals surface area contributed by atoms with Crippen molar-refractivity contribution in [3.8, 4) is 0 Å². The van der Waals surface area contributed by atoms with Gasteiger partial charge in [0.1, 0.15) is 0 Å². The van der Waals surface area contributed by atoms with Crippen LogP contribution in [0.5, 0.6) is 0 Å². The number of likely N-dealkylation sites (tertiary alicyclic amines) is 1. The van der Waals surface area contributed by atoms with E-state index in [0.29, 0.717) is 6.04 Å². The van der Waals surface area contributed by atoms with Gasteiger partial charge in [-0.25, -0.2) is 4.98 Å². The molecule has 1 aromatic heterocycles. The second-order valence-electron chi connectivity index (χ2n) is 4.77. The summed E-state index contributed by atoms with van der Waals surface area (Å²) in [7, 11) is 2.14. The number of aryl methyl sites for hydroxylation is 1. The van der Waals surface area contributed by atoms with E-state index in [-0.39, 0.29) is 5.75 Å². The maximum atomic E-state index is 10.6. The molecule has 1 aromatic rings. The van der Waals surface area contributed by atoms with Crippen LogP contribution in [0.15, 0.2) is 11.4 Å². The first-order valence-corrected chi connectivity index (χ1v) is 7.13. The number of carbonyl (C=O) groups is 1. The number of rotatable bonds is 4. The second-order valence-corrected chi connectivity index (χ2v) is 5.71. The second kappa shape index (κ2) is 5.75. The van der Waals surface area contributed by atoms with Gasteiger partial charge in [0.2, 0.25) is 0 Å². The largest absolute Gasteiger partial charge is 0.481 e. The molecule has 1 N–H and O–H groups in total. The van der Waals surface area contributed by atoms with E-state index < -0.39 is 5.97 Å². The Kier molecular flexibility index (Phi) is 4.29. The van der Waals surface area contributed by atoms with E-state index in [1.54, 1.807) is 0 Å². The molecule has 0 bridgehead atoms. The summed E-state index contributed by atoms with van der Waals surface area (Å²) < 4.78 is 2.21. The third kappa shape index (κ3) is 3.05. The van der Waals surface area contributed by atoms with Gasteiger partial charge in [-0.05, 0) is 39.9 Å². The fourth-order valence-corrected chi connectivity index (χ4v) is 3.17. The zero-order chi connectivity index (χ0) is 13.1. The highest BCUT2D eigenvalue weighted by atomic mass is 32.2. The summed E-state index contributed by atoms with van der Waals surface area (Å²) in [6, 6.07) is 0.458. The molecule has 0 saturated carbocycles. The number of imidazole rings is 1. The molecule has 2 rings (SSSR count). The average molecular weight is 269 g/mol. The molecule has 0 radical (unpaired) electrons. The zero-order valence-corrected chi connectivity index (χ0v) is 11.6. The van der Waals surface area contributed by atoms with Gasteiger partial charge in [0.05, 0.1) is 5.75 Å². The molecule has 6 heteroatoms. The first-order valence-electron chi connectivity index (χ1n) is 6.15. The first kappa shape index (κ1) is 13.4. The third-order valence-corrected chi connectivity index (χ3v) is 4.28. The highest BCUT2D eigenvalue weighted by molar-refractivity contribution is 7.99. The van der Waals surface area contributed by atoms with Crippen LogP contribution in [0.4, 0.5) is 0 Å². The monoisotopic (exact) mass is 269 g/mol. The van der Waals surface area contributed by atoms with Gasteiger partial charge in [0, 0.05) is 17.9 Å². The van der Waals surface area contributed by atoms with Crippen molar-refractivity contribution in [3.05, 3.63) is 11.9 Å². The van der Waals surface area contributed by atoms with E-state index in [9.17, 15) is 4.79 Å². The SMILES string of the molecule is Cc1cnc(SCC(=O)O)n1C1CCN(C)CC1. The molecule has 0 aromatic carbocycles. The molecule has 0 atom stereocenters. The van der Waals surface area contributed by atoms with E-state index >= 15 is 0 Å². The Morgan fingerprint density at radius 1 is 1.56 bits per heavy atom. The van der Waals surface area contributed by atoms with Crippen molar-refractivity contribution in [2.45, 2.75) is 31.0 Å². The molecule has 18 heavy (non-hydrogen) atoms. The summed E-state index contributed by atoms with van der Waals surface area (Å²) in [5, 5.41) is 9.59. The molecule has 0 unspecified atom stereocenters. The number of carboxylic acids is 1. The van der Waals surface area contributed by atoms with Gasteiger partial charge < -0.3 is 14.6 Å². The highest BCUT2D eigenvalue weighted by Crippen LogP contribution is 2.29. The summed E-state index contributed by atoms with van der Waals surface area (Å²) in [6.07, 6.45) is 4.05. The predicted molar refractivity (Wildman–Crippen MR) is 71.1 cm³/mol. The number of carboxylic acid groups (broad SMARTS) is 1. The number of piperidine rings is 1. The van der Waals surface area contributed by atoms with Gasteiger partial charge in [0.15, 0.2) is 5.16 Å². The molecule has 0 amide bonds. The Morgan fingerprint density at radius 3 is 2.83 bits per heavy atom. The van der Waals surface area contributed by atoms with Gasteiger partial charge in [-0.2, -0.15) is 0 Å². The van der Waals surface area contributed by atoms with Crippen LogP contribution in [0.1, 0.15) is 24.6 Å².